The van der Waals surface area contributed by atoms with Gasteiger partial charge in [-0.1, -0.05) is 20.4 Å². The van der Waals surface area contributed by atoms with Crippen molar-refractivity contribution in [2.45, 2.75) is 26.7 Å². The predicted octanol–water partition coefficient (Wildman–Crippen LogP) is 1.26. The molecule has 0 aliphatic heterocycles. The molecule has 0 aromatic rings. The number of ether oxygens (including phenoxy) is 2. The molecule has 0 aromatic carbocycles. The van der Waals surface area contributed by atoms with Gasteiger partial charge in [0, 0.05) is 17.9 Å². The van der Waals surface area contributed by atoms with Crippen LogP contribution in [-0.2, 0) is 23.9 Å². The van der Waals surface area contributed by atoms with E-state index in [1.165, 1.54) is 0 Å². The van der Waals surface area contributed by atoms with E-state index in [0.717, 1.165) is 6.08 Å². The zero-order valence-electron chi connectivity index (χ0n) is 10.2. The van der Waals surface area contributed by atoms with Crippen LogP contribution in [0.1, 0.15) is 26.7 Å². The van der Waals surface area contributed by atoms with Crippen LogP contribution < -0.4 is 0 Å². The van der Waals surface area contributed by atoms with Gasteiger partial charge in [-0.15, -0.1) is 0 Å². The molecule has 0 N–H and O–H groups in total. The van der Waals surface area contributed by atoms with E-state index in [2.05, 4.69) is 6.58 Å². The molecule has 0 aliphatic rings. The van der Waals surface area contributed by atoms with Gasteiger partial charge in [-0.05, 0) is 0 Å². The summed E-state index contributed by atoms with van der Waals surface area (Å²) in [6.07, 6.45) is 1.97. The number of rotatable bonds is 8. The first-order chi connectivity index (χ1) is 7.91. The van der Waals surface area contributed by atoms with Gasteiger partial charge in [0.2, 0.25) is 0 Å². The quantitative estimate of drug-likeness (QED) is 0.364. The maximum absolute atomic E-state index is 11.1. The van der Waals surface area contributed by atoms with Crippen LogP contribution in [-0.4, -0.2) is 31.4 Å². The second-order valence-corrected chi connectivity index (χ2v) is 4.34. The molecule has 0 heterocycles. The Morgan fingerprint density at radius 3 is 2.35 bits per heavy atom. The summed E-state index contributed by atoms with van der Waals surface area (Å²) < 4.78 is 9.82. The summed E-state index contributed by atoms with van der Waals surface area (Å²) in [5.41, 5.74) is -0.463. The molecule has 0 rings (SSSR count). The first-order valence-electron chi connectivity index (χ1n) is 5.30. The number of hydrogen-bond acceptors (Lipinski definition) is 5. The number of carbonyl (C=O) groups excluding carboxylic acids is 3. The highest BCUT2D eigenvalue weighted by Gasteiger charge is 2.22. The highest BCUT2D eigenvalue weighted by atomic mass is 16.5. The molecule has 0 bridgehead atoms. The molecule has 96 valence electrons. The molecule has 0 fully saturated rings. The molecule has 5 nitrogen and oxygen atoms in total. The summed E-state index contributed by atoms with van der Waals surface area (Å²) in [7, 11) is 0. The van der Waals surface area contributed by atoms with Gasteiger partial charge in [0.25, 0.3) is 0 Å². The molecule has 5 heteroatoms. The van der Waals surface area contributed by atoms with Crippen molar-refractivity contribution in [3.63, 3.8) is 0 Å². The largest absolute Gasteiger partial charge is 0.465 e. The minimum absolute atomic E-state index is 0.0754. The maximum atomic E-state index is 11.1. The molecule has 0 spiro atoms. The van der Waals surface area contributed by atoms with Crippen LogP contribution >= 0.6 is 0 Å². The van der Waals surface area contributed by atoms with Gasteiger partial charge in [-0.25, -0.2) is 4.79 Å². The molecule has 0 radical (unpaired) electrons. The van der Waals surface area contributed by atoms with Crippen molar-refractivity contribution in [2.24, 2.45) is 5.41 Å². The lowest BCUT2D eigenvalue weighted by Gasteiger charge is -2.23. The molecular formula is C12H18O5. The molecule has 0 aliphatic carbocycles. The third-order valence-electron chi connectivity index (χ3n) is 1.86. The van der Waals surface area contributed by atoms with Crippen molar-refractivity contribution < 1.29 is 23.9 Å². The fourth-order valence-electron chi connectivity index (χ4n) is 0.892. The highest BCUT2D eigenvalue weighted by Crippen LogP contribution is 2.16. The second-order valence-electron chi connectivity index (χ2n) is 4.34. The Hall–Kier alpha value is -1.65. The molecular weight excluding hydrogens is 224 g/mol. The standard InChI is InChI=1S/C12H18O5/c1-4-10(14)16-8-12(2,3)9-17-11(15)6-5-7-13/h4,7H,1,5-6,8-9H2,2-3H3. The van der Waals surface area contributed by atoms with Crippen molar-refractivity contribution in [3.05, 3.63) is 12.7 Å². The predicted molar refractivity (Wildman–Crippen MR) is 61.2 cm³/mol. The zero-order valence-corrected chi connectivity index (χ0v) is 10.2. The minimum Gasteiger partial charge on any atom is -0.465 e. The van der Waals surface area contributed by atoms with Gasteiger partial charge in [0.05, 0.1) is 19.6 Å². The van der Waals surface area contributed by atoms with Crippen LogP contribution in [0.2, 0.25) is 0 Å². The van der Waals surface area contributed by atoms with Gasteiger partial charge in [-0.2, -0.15) is 0 Å². The van der Waals surface area contributed by atoms with Gasteiger partial charge in [-0.3, -0.25) is 4.79 Å². The summed E-state index contributed by atoms with van der Waals surface area (Å²) in [4.78, 5) is 32.0. The summed E-state index contributed by atoms with van der Waals surface area (Å²) in [5, 5.41) is 0. The Morgan fingerprint density at radius 2 is 1.82 bits per heavy atom. The van der Waals surface area contributed by atoms with Crippen LogP contribution in [0, 0.1) is 5.41 Å². The van der Waals surface area contributed by atoms with E-state index in [-0.39, 0.29) is 26.1 Å². The first kappa shape index (κ1) is 15.3. The second kappa shape index (κ2) is 7.60. The molecule has 17 heavy (non-hydrogen) atoms. The lowest BCUT2D eigenvalue weighted by Crippen LogP contribution is -2.28. The smallest absolute Gasteiger partial charge is 0.330 e. The van der Waals surface area contributed by atoms with Crippen LogP contribution in [0.3, 0.4) is 0 Å². The fraction of sp³-hybridized carbons (Fsp3) is 0.583. The van der Waals surface area contributed by atoms with Crippen molar-refractivity contribution in [2.75, 3.05) is 13.2 Å². The van der Waals surface area contributed by atoms with Gasteiger partial charge in [0.15, 0.2) is 0 Å². The third-order valence-corrected chi connectivity index (χ3v) is 1.86. The van der Waals surface area contributed by atoms with Crippen LogP contribution in [0.4, 0.5) is 0 Å². The lowest BCUT2D eigenvalue weighted by atomic mass is 9.96. The van der Waals surface area contributed by atoms with Crippen LogP contribution in [0.25, 0.3) is 0 Å². The van der Waals surface area contributed by atoms with Crippen molar-refractivity contribution in [1.29, 1.82) is 0 Å². The molecule has 0 saturated carbocycles. The monoisotopic (exact) mass is 242 g/mol. The Labute approximate surface area is 101 Å². The van der Waals surface area contributed by atoms with E-state index < -0.39 is 17.4 Å². The SMILES string of the molecule is C=CC(=O)OCC(C)(C)COC(=O)CCC=O. The van der Waals surface area contributed by atoms with Gasteiger partial charge >= 0.3 is 11.9 Å². The third kappa shape index (κ3) is 8.19. The normalized spacial score (nSPS) is 10.5. The summed E-state index contributed by atoms with van der Waals surface area (Å²) >= 11 is 0. The average Bonchev–Trinajstić information content (AvgIpc) is 2.31. The number of carbonyl (C=O) groups is 3. The topological polar surface area (TPSA) is 69.7 Å². The van der Waals surface area contributed by atoms with Crippen molar-refractivity contribution in [1.82, 2.24) is 0 Å². The minimum atomic E-state index is -0.509. The highest BCUT2D eigenvalue weighted by molar-refractivity contribution is 5.81. The Bertz CT molecular complexity index is 293. The maximum Gasteiger partial charge on any atom is 0.330 e. The molecule has 0 aromatic heterocycles. The summed E-state index contributed by atoms with van der Waals surface area (Å²) in [5.74, 6) is -0.939. The fourth-order valence-corrected chi connectivity index (χ4v) is 0.892. The molecule has 0 unspecified atom stereocenters. The lowest BCUT2D eigenvalue weighted by molar-refractivity contribution is -0.150. The van der Waals surface area contributed by atoms with Crippen molar-refractivity contribution >= 4 is 18.2 Å². The Balaban J connectivity index is 3.91. The summed E-state index contributed by atoms with van der Waals surface area (Å²) in [6, 6.07) is 0. The van der Waals surface area contributed by atoms with Gasteiger partial charge in [0.1, 0.15) is 6.29 Å². The zero-order chi connectivity index (χ0) is 13.3. The van der Waals surface area contributed by atoms with Gasteiger partial charge < -0.3 is 14.3 Å². The van der Waals surface area contributed by atoms with E-state index in [1.54, 1.807) is 13.8 Å². The van der Waals surface area contributed by atoms with E-state index in [0.29, 0.717) is 6.29 Å². The van der Waals surface area contributed by atoms with E-state index >= 15 is 0 Å². The van der Waals surface area contributed by atoms with Crippen LogP contribution in [0.15, 0.2) is 12.7 Å². The van der Waals surface area contributed by atoms with E-state index in [4.69, 9.17) is 9.47 Å². The van der Waals surface area contributed by atoms with Crippen molar-refractivity contribution in [3.8, 4) is 0 Å². The summed E-state index contributed by atoms with van der Waals surface area (Å²) in [6.45, 7) is 7.15. The average molecular weight is 242 g/mol. The Kier molecular flexibility index (Phi) is 6.86. The molecule has 0 atom stereocenters. The number of hydrogen-bond donors (Lipinski definition) is 0. The van der Waals surface area contributed by atoms with E-state index in [1.807, 2.05) is 0 Å². The first-order valence-corrected chi connectivity index (χ1v) is 5.30. The number of aldehydes is 1. The molecule has 0 amide bonds. The Morgan fingerprint density at radius 1 is 1.24 bits per heavy atom. The molecule has 0 saturated heterocycles. The van der Waals surface area contributed by atoms with Crippen LogP contribution in [0.5, 0.6) is 0 Å². The van der Waals surface area contributed by atoms with E-state index in [9.17, 15) is 14.4 Å². The number of esters is 2.